The predicted molar refractivity (Wildman–Crippen MR) is 122 cm³/mol. The lowest BCUT2D eigenvalue weighted by Gasteiger charge is -2.54. The number of nitrogens with zero attached hydrogens (tertiary/aromatic N) is 2. The first-order valence-corrected chi connectivity index (χ1v) is 10.7. The Balaban J connectivity index is 2.01. The Labute approximate surface area is 195 Å². The van der Waals surface area contributed by atoms with Crippen molar-refractivity contribution in [1.82, 2.24) is 4.90 Å². The maximum absolute atomic E-state index is 13.8. The number of primary amides is 1. The van der Waals surface area contributed by atoms with Crippen LogP contribution in [0.15, 0.2) is 29.0 Å². The number of carbonyl (C=O) groups excluding carboxylic acids is 3. The van der Waals surface area contributed by atoms with E-state index in [0.717, 1.165) is 0 Å². The van der Waals surface area contributed by atoms with Gasteiger partial charge in [-0.15, -0.1) is 0 Å². The van der Waals surface area contributed by atoms with Gasteiger partial charge in [0, 0.05) is 31.3 Å². The molecular weight excluding hydrogens is 444 g/mol. The molecule has 1 aromatic rings. The molecule has 0 radical (unpaired) electrons. The fraction of sp³-hybridized carbons (Fsp3) is 0.435. The number of phenols is 1. The van der Waals surface area contributed by atoms with Crippen molar-refractivity contribution in [2.45, 2.75) is 24.1 Å². The van der Waals surface area contributed by atoms with Gasteiger partial charge in [-0.25, -0.2) is 0 Å². The molecule has 1 aromatic carbocycles. The number of aliphatic hydroxyl groups excluding tert-OH is 2. The number of phenolic OH excluding ortho intramolecular Hbond substituents is 1. The second-order valence-electron chi connectivity index (χ2n) is 9.54. The number of amides is 1. The largest absolute Gasteiger partial charge is 0.508 e. The first-order chi connectivity index (χ1) is 15.7. The Morgan fingerprint density at radius 3 is 2.24 bits per heavy atom. The molecule has 3 aliphatic rings. The van der Waals surface area contributed by atoms with Gasteiger partial charge in [0.25, 0.3) is 5.91 Å². The fourth-order valence-electron chi connectivity index (χ4n) is 5.68. The zero-order valence-corrected chi connectivity index (χ0v) is 19.3. The summed E-state index contributed by atoms with van der Waals surface area (Å²) in [6.07, 6.45) is 0.111. The van der Waals surface area contributed by atoms with Gasteiger partial charge in [0.15, 0.2) is 5.60 Å². The number of ketones is 2. The van der Waals surface area contributed by atoms with Crippen molar-refractivity contribution in [2.75, 3.05) is 33.1 Å². The van der Waals surface area contributed by atoms with Crippen LogP contribution in [0.2, 0.25) is 0 Å². The fourth-order valence-corrected chi connectivity index (χ4v) is 5.68. The summed E-state index contributed by atoms with van der Waals surface area (Å²) in [5.41, 5.74) is 7.11. The molecule has 1 amide bonds. The number of likely N-dealkylation sites (N-methyl/N-ethyl adjacent to an activating group) is 1. The van der Waals surface area contributed by atoms with Gasteiger partial charge in [-0.1, -0.05) is 0 Å². The van der Waals surface area contributed by atoms with Crippen LogP contribution in [0.3, 0.4) is 0 Å². The van der Waals surface area contributed by atoms with Crippen LogP contribution in [-0.4, -0.2) is 82.3 Å². The number of carbonyl (C=O) groups is 3. The van der Waals surface area contributed by atoms with Crippen molar-refractivity contribution in [3.63, 3.8) is 0 Å². The summed E-state index contributed by atoms with van der Waals surface area (Å²) in [6, 6.07) is 3.06. The van der Waals surface area contributed by atoms with Crippen molar-refractivity contribution in [2.24, 2.45) is 23.3 Å². The molecule has 1 fully saturated rings. The summed E-state index contributed by atoms with van der Waals surface area (Å²) in [5, 5.41) is 44.1. The van der Waals surface area contributed by atoms with Gasteiger partial charge in [0.1, 0.15) is 28.5 Å². The van der Waals surface area contributed by atoms with E-state index in [2.05, 4.69) is 0 Å². The first-order valence-electron chi connectivity index (χ1n) is 10.7. The number of rotatable bonds is 3. The zero-order valence-electron chi connectivity index (χ0n) is 19.3. The summed E-state index contributed by atoms with van der Waals surface area (Å²) in [4.78, 5) is 42.2. The number of hydrogen-bond donors (Lipinski definition) is 6. The molecule has 1 saturated carbocycles. The minimum atomic E-state index is -2.86. The minimum Gasteiger partial charge on any atom is -0.508 e. The lowest BCUT2D eigenvalue weighted by atomic mass is 9.55. The highest BCUT2D eigenvalue weighted by Crippen LogP contribution is 2.54. The maximum atomic E-state index is 13.8. The highest BCUT2D eigenvalue weighted by atomic mass is 16.3. The number of nitrogens with two attached hydrogens (primary N) is 2. The molecule has 8 N–H and O–H groups in total. The molecule has 182 valence electrons. The Kier molecular flexibility index (Phi) is 5.09. The second kappa shape index (κ2) is 7.29. The van der Waals surface area contributed by atoms with E-state index in [1.54, 1.807) is 25.1 Å². The van der Waals surface area contributed by atoms with E-state index in [0.29, 0.717) is 11.3 Å². The quantitative estimate of drug-likeness (QED) is 0.187. The number of aromatic hydroxyl groups is 1. The SMILES string of the molecule is CN(C)c1ccc(O)c2c1CC1CC3C(O)(C(=O)C(C(N)=O)=C(O)C3(N)N(C)C)C(=O)C1=C2O. The van der Waals surface area contributed by atoms with E-state index in [-0.39, 0.29) is 29.7 Å². The summed E-state index contributed by atoms with van der Waals surface area (Å²) in [7, 11) is 6.52. The molecule has 0 aromatic heterocycles. The molecule has 11 nitrogen and oxygen atoms in total. The maximum Gasteiger partial charge on any atom is 0.256 e. The number of hydrogen-bond acceptors (Lipinski definition) is 10. The average molecular weight is 472 g/mol. The molecule has 0 heterocycles. The number of fused-ring (bicyclic) bond motifs is 3. The molecule has 0 saturated heterocycles. The Morgan fingerprint density at radius 1 is 1.09 bits per heavy atom. The molecule has 3 aliphatic carbocycles. The van der Waals surface area contributed by atoms with Crippen LogP contribution in [-0.2, 0) is 20.8 Å². The van der Waals surface area contributed by atoms with E-state index in [9.17, 15) is 34.8 Å². The van der Waals surface area contributed by atoms with Crippen molar-refractivity contribution in [3.05, 3.63) is 40.2 Å². The van der Waals surface area contributed by atoms with Gasteiger partial charge in [-0.3, -0.25) is 19.3 Å². The van der Waals surface area contributed by atoms with Gasteiger partial charge >= 0.3 is 0 Å². The van der Waals surface area contributed by atoms with Gasteiger partial charge < -0.3 is 36.8 Å². The Hall–Kier alpha value is -3.41. The molecule has 0 aliphatic heterocycles. The molecule has 0 spiro atoms. The van der Waals surface area contributed by atoms with Crippen LogP contribution in [0.25, 0.3) is 5.76 Å². The van der Waals surface area contributed by atoms with E-state index in [4.69, 9.17) is 11.5 Å². The molecule has 0 bridgehead atoms. The predicted octanol–water partition coefficient (Wildman–Crippen LogP) is -0.684. The average Bonchev–Trinajstić information content (AvgIpc) is 2.73. The smallest absolute Gasteiger partial charge is 0.256 e. The van der Waals surface area contributed by atoms with Crippen LogP contribution in [0.4, 0.5) is 5.69 Å². The first kappa shape index (κ1) is 23.7. The number of Topliss-reactive ketones (excluding diaryl/α,β-unsaturated/α-hetero) is 2. The van der Waals surface area contributed by atoms with Crippen molar-refractivity contribution in [1.29, 1.82) is 0 Å². The molecule has 4 atom stereocenters. The zero-order chi connectivity index (χ0) is 25.5. The van der Waals surface area contributed by atoms with Crippen LogP contribution in [0, 0.1) is 11.8 Å². The van der Waals surface area contributed by atoms with Crippen molar-refractivity contribution < 1.29 is 34.8 Å². The summed E-state index contributed by atoms with van der Waals surface area (Å²) in [5.74, 6) is -7.54. The Morgan fingerprint density at radius 2 is 1.71 bits per heavy atom. The third-order valence-corrected chi connectivity index (χ3v) is 7.42. The van der Waals surface area contributed by atoms with Crippen LogP contribution in [0.1, 0.15) is 17.5 Å². The third kappa shape index (κ3) is 2.71. The highest BCUT2D eigenvalue weighted by molar-refractivity contribution is 6.33. The molecule has 11 heteroatoms. The standard InChI is InChI=1S/C23H28N4O7/c1-26(2)11-5-6-12(28)15-10(11)7-9-8-13-22(34,18(30)14(9)17(15)29)19(31)16(21(24)33)20(32)23(13,25)27(3)4/h5-6,9,13,28-29,32,34H,7-8,25H2,1-4H3,(H2,24,33). The lowest BCUT2D eigenvalue weighted by molar-refractivity contribution is -0.168. The van der Waals surface area contributed by atoms with Gasteiger partial charge in [0.2, 0.25) is 11.6 Å². The van der Waals surface area contributed by atoms with Gasteiger partial charge in [-0.2, -0.15) is 0 Å². The second-order valence-corrected chi connectivity index (χ2v) is 9.54. The molecular formula is C23H28N4O7. The minimum absolute atomic E-state index is 0.0382. The third-order valence-electron chi connectivity index (χ3n) is 7.42. The number of benzene rings is 1. The summed E-state index contributed by atoms with van der Waals surface area (Å²) >= 11 is 0. The van der Waals surface area contributed by atoms with Crippen molar-refractivity contribution >= 4 is 28.9 Å². The van der Waals surface area contributed by atoms with Gasteiger partial charge in [-0.05, 0) is 50.6 Å². The van der Waals surface area contributed by atoms with Crippen LogP contribution < -0.4 is 16.4 Å². The van der Waals surface area contributed by atoms with E-state index >= 15 is 0 Å². The molecule has 4 rings (SSSR count). The van der Waals surface area contributed by atoms with E-state index < -0.39 is 57.7 Å². The summed E-state index contributed by atoms with van der Waals surface area (Å²) < 4.78 is 0. The van der Waals surface area contributed by atoms with Crippen molar-refractivity contribution in [3.8, 4) is 5.75 Å². The topological polar surface area (TPSA) is 191 Å². The van der Waals surface area contributed by atoms with Gasteiger partial charge in [0.05, 0.1) is 5.56 Å². The normalized spacial score (nSPS) is 30.8. The van der Waals surface area contributed by atoms with Crippen LogP contribution >= 0.6 is 0 Å². The van der Waals surface area contributed by atoms with E-state index in [1.807, 2.05) is 0 Å². The van der Waals surface area contributed by atoms with Crippen LogP contribution in [0.5, 0.6) is 5.75 Å². The lowest BCUT2D eigenvalue weighted by Crippen LogP contribution is -2.75. The number of aliphatic hydroxyl groups is 3. The molecule has 34 heavy (non-hydrogen) atoms. The highest BCUT2D eigenvalue weighted by Gasteiger charge is 2.69. The summed E-state index contributed by atoms with van der Waals surface area (Å²) in [6.45, 7) is 0. The monoisotopic (exact) mass is 472 g/mol. The Bertz CT molecular complexity index is 1220. The van der Waals surface area contributed by atoms with E-state index in [1.165, 1.54) is 25.1 Å². The number of anilines is 1. The molecule has 4 unspecified atom stereocenters.